The highest BCUT2D eigenvalue weighted by Crippen LogP contribution is 2.34. The van der Waals surface area contributed by atoms with Crippen LogP contribution in [0, 0.1) is 16.7 Å². The summed E-state index contributed by atoms with van der Waals surface area (Å²) in [7, 11) is 0. The van der Waals surface area contributed by atoms with Crippen molar-refractivity contribution >= 4 is 23.0 Å². The van der Waals surface area contributed by atoms with E-state index in [4.69, 9.17) is 0 Å². The number of amides is 1. The van der Waals surface area contributed by atoms with Gasteiger partial charge in [-0.1, -0.05) is 33.8 Å². The number of carbonyl (C=O) groups is 1. The first-order valence-corrected chi connectivity index (χ1v) is 9.66. The van der Waals surface area contributed by atoms with Crippen LogP contribution >= 0.6 is 0 Å². The molecule has 1 atom stereocenters. The standard InChI is InChI=1S/C23H27N3O3/c1-7-9-18(27)26(17-11-10-15(13-24)12-16(17)8-2)20-19(21(28)22(20)29)25-14(3)23(4,5)6/h7,9-12,14,25H,8H2,1-6H3/t14-/m1/s1. The van der Waals surface area contributed by atoms with Gasteiger partial charge in [-0.15, -0.1) is 0 Å². The van der Waals surface area contributed by atoms with Crippen LogP contribution in [0.5, 0.6) is 0 Å². The Morgan fingerprint density at radius 1 is 1.28 bits per heavy atom. The molecule has 0 aliphatic rings. The maximum absolute atomic E-state index is 12.9. The summed E-state index contributed by atoms with van der Waals surface area (Å²) >= 11 is 0. The maximum Gasteiger partial charge on any atom is 0.255 e. The largest absolute Gasteiger partial charge is 0.377 e. The van der Waals surface area contributed by atoms with E-state index in [1.165, 1.54) is 11.0 Å². The number of benzene rings is 1. The summed E-state index contributed by atoms with van der Waals surface area (Å²) in [6.45, 7) is 11.6. The number of hydrogen-bond donors (Lipinski definition) is 1. The molecule has 6 nitrogen and oxygen atoms in total. The van der Waals surface area contributed by atoms with Crippen LogP contribution in [0.1, 0.15) is 52.7 Å². The van der Waals surface area contributed by atoms with E-state index in [0.29, 0.717) is 17.7 Å². The average Bonchev–Trinajstić information content (AvgIpc) is 2.69. The molecule has 0 radical (unpaired) electrons. The monoisotopic (exact) mass is 393 g/mol. The molecule has 1 amide bonds. The highest BCUT2D eigenvalue weighted by atomic mass is 16.2. The molecule has 0 saturated heterocycles. The zero-order chi connectivity index (χ0) is 21.9. The average molecular weight is 393 g/mol. The first-order valence-electron chi connectivity index (χ1n) is 9.66. The third-order valence-corrected chi connectivity index (χ3v) is 5.13. The van der Waals surface area contributed by atoms with Crippen molar-refractivity contribution in [1.82, 2.24) is 0 Å². The lowest BCUT2D eigenvalue weighted by Gasteiger charge is -2.32. The van der Waals surface area contributed by atoms with Crippen molar-refractivity contribution in [3.63, 3.8) is 0 Å². The number of anilines is 3. The van der Waals surface area contributed by atoms with Crippen LogP contribution in [0.25, 0.3) is 0 Å². The summed E-state index contributed by atoms with van der Waals surface area (Å²) in [5.74, 6) is -0.425. The molecule has 0 saturated carbocycles. The van der Waals surface area contributed by atoms with E-state index < -0.39 is 16.8 Å². The second-order valence-corrected chi connectivity index (χ2v) is 8.10. The van der Waals surface area contributed by atoms with E-state index in [-0.39, 0.29) is 22.8 Å². The number of hydrogen-bond acceptors (Lipinski definition) is 5. The Morgan fingerprint density at radius 2 is 1.93 bits per heavy atom. The quantitative estimate of drug-likeness (QED) is 0.595. The third kappa shape index (κ3) is 4.29. The number of rotatable bonds is 6. The lowest BCUT2D eigenvalue weighted by Crippen LogP contribution is -2.45. The molecule has 2 rings (SSSR count). The van der Waals surface area contributed by atoms with Crippen molar-refractivity contribution in [2.75, 3.05) is 10.2 Å². The second kappa shape index (κ2) is 8.44. The van der Waals surface area contributed by atoms with Gasteiger partial charge >= 0.3 is 0 Å². The highest BCUT2D eigenvalue weighted by Gasteiger charge is 2.33. The SMILES string of the molecule is CC=CC(=O)N(c1ccc(C#N)cc1CC)c1c(N[C@H](C)C(C)(C)C)c(=O)c1=O. The normalized spacial score (nSPS) is 12.7. The number of allylic oxidation sites excluding steroid dienone is 1. The van der Waals surface area contributed by atoms with Crippen molar-refractivity contribution in [2.24, 2.45) is 5.41 Å². The van der Waals surface area contributed by atoms with Gasteiger partial charge in [0.1, 0.15) is 11.4 Å². The van der Waals surface area contributed by atoms with Gasteiger partial charge in [0.25, 0.3) is 16.8 Å². The van der Waals surface area contributed by atoms with Gasteiger partial charge in [0.2, 0.25) is 0 Å². The summed E-state index contributed by atoms with van der Waals surface area (Å²) in [6, 6.07) is 6.92. The number of nitrogens with zero attached hydrogens (tertiary/aromatic N) is 2. The fraction of sp³-hybridized carbons (Fsp3) is 0.391. The van der Waals surface area contributed by atoms with Crippen LogP contribution in [0.4, 0.5) is 17.1 Å². The van der Waals surface area contributed by atoms with Gasteiger partial charge in [-0.3, -0.25) is 19.3 Å². The van der Waals surface area contributed by atoms with Gasteiger partial charge in [-0.25, -0.2) is 0 Å². The topological polar surface area (TPSA) is 90.3 Å². The molecule has 2 aromatic carbocycles. The summed E-state index contributed by atoms with van der Waals surface area (Å²) in [5.41, 5.74) is 0.430. The number of nitrogens with one attached hydrogen (secondary N) is 1. The molecule has 2 aromatic rings. The number of aryl methyl sites for hydroxylation is 1. The molecule has 0 fully saturated rings. The van der Waals surface area contributed by atoms with Gasteiger partial charge in [-0.05, 0) is 55.5 Å². The number of nitriles is 1. The van der Waals surface area contributed by atoms with Gasteiger partial charge in [0, 0.05) is 6.04 Å². The molecule has 0 unspecified atom stereocenters. The molecular formula is C23H27N3O3. The Morgan fingerprint density at radius 3 is 2.45 bits per heavy atom. The molecule has 29 heavy (non-hydrogen) atoms. The van der Waals surface area contributed by atoms with Crippen molar-refractivity contribution in [3.8, 4) is 6.07 Å². The fourth-order valence-corrected chi connectivity index (χ4v) is 2.88. The van der Waals surface area contributed by atoms with E-state index in [1.807, 2.05) is 34.6 Å². The van der Waals surface area contributed by atoms with Crippen LogP contribution < -0.4 is 21.1 Å². The summed E-state index contributed by atoms with van der Waals surface area (Å²) in [6.07, 6.45) is 3.49. The second-order valence-electron chi connectivity index (χ2n) is 8.10. The van der Waals surface area contributed by atoms with E-state index in [2.05, 4.69) is 11.4 Å². The molecule has 0 aromatic heterocycles. The third-order valence-electron chi connectivity index (χ3n) is 5.13. The minimum atomic E-state index is -0.696. The Kier molecular flexibility index (Phi) is 6.43. The molecule has 0 aliphatic carbocycles. The predicted molar refractivity (Wildman–Crippen MR) is 116 cm³/mol. The zero-order valence-electron chi connectivity index (χ0n) is 17.8. The van der Waals surface area contributed by atoms with Crippen molar-refractivity contribution in [3.05, 3.63) is 61.9 Å². The first-order chi connectivity index (χ1) is 13.6. The zero-order valence-corrected chi connectivity index (χ0v) is 17.8. The molecule has 6 heteroatoms. The fourth-order valence-electron chi connectivity index (χ4n) is 2.88. The summed E-state index contributed by atoms with van der Waals surface area (Å²) in [4.78, 5) is 39.1. The van der Waals surface area contributed by atoms with Crippen LogP contribution in [0.2, 0.25) is 0 Å². The van der Waals surface area contributed by atoms with Crippen molar-refractivity contribution < 1.29 is 4.79 Å². The van der Waals surface area contributed by atoms with Crippen LogP contribution in [0.3, 0.4) is 0 Å². The van der Waals surface area contributed by atoms with E-state index in [1.54, 1.807) is 31.2 Å². The van der Waals surface area contributed by atoms with Crippen LogP contribution in [-0.4, -0.2) is 11.9 Å². The molecule has 0 bridgehead atoms. The number of carbonyl (C=O) groups excluding carboxylic acids is 1. The van der Waals surface area contributed by atoms with Gasteiger partial charge in [-0.2, -0.15) is 5.26 Å². The lowest BCUT2D eigenvalue weighted by atomic mass is 9.87. The van der Waals surface area contributed by atoms with E-state index >= 15 is 0 Å². The Labute approximate surface area is 171 Å². The predicted octanol–water partition coefficient (Wildman–Crippen LogP) is 3.80. The smallest absolute Gasteiger partial charge is 0.255 e. The molecule has 0 heterocycles. The van der Waals surface area contributed by atoms with E-state index in [0.717, 1.165) is 5.56 Å². The van der Waals surface area contributed by atoms with Crippen molar-refractivity contribution in [2.45, 2.75) is 54.0 Å². The highest BCUT2D eigenvalue weighted by molar-refractivity contribution is 6.10. The maximum atomic E-state index is 12.9. The Hall–Kier alpha value is -3.20. The van der Waals surface area contributed by atoms with Crippen LogP contribution in [-0.2, 0) is 11.2 Å². The van der Waals surface area contributed by atoms with Crippen LogP contribution in [0.15, 0.2) is 39.9 Å². The minimum absolute atomic E-state index is 0.0496. The van der Waals surface area contributed by atoms with E-state index in [9.17, 15) is 19.6 Å². The first kappa shape index (κ1) is 22.1. The molecule has 1 N–H and O–H groups in total. The molecule has 0 spiro atoms. The summed E-state index contributed by atoms with van der Waals surface area (Å²) in [5, 5.41) is 12.3. The van der Waals surface area contributed by atoms with Gasteiger partial charge < -0.3 is 5.32 Å². The minimum Gasteiger partial charge on any atom is -0.377 e. The summed E-state index contributed by atoms with van der Waals surface area (Å²) < 4.78 is 0. The van der Waals surface area contributed by atoms with Gasteiger partial charge in [0.15, 0.2) is 0 Å². The molecule has 0 aliphatic heterocycles. The molecule has 152 valence electrons. The lowest BCUT2D eigenvalue weighted by molar-refractivity contribution is -0.113. The van der Waals surface area contributed by atoms with Gasteiger partial charge in [0.05, 0.1) is 17.3 Å². The Balaban J connectivity index is 2.68. The van der Waals surface area contributed by atoms with Crippen molar-refractivity contribution in [1.29, 1.82) is 5.26 Å². The molecular weight excluding hydrogens is 366 g/mol. The Bertz CT molecular complexity index is 1060.